The SMILES string of the molecule is CCCS(=O)(=O)Cc1ccc(F)c(C(=O)c2ccc3[nH]c4ncc(-c5ccc(Cl)cc5)cc4c3c2)c1F.CCCS(=O)(=O)Cc1ccc(F)c(C(=O)c2ccc3[nH]c4ncc(B5OC(C)(C)C(C)(C)O5)cc4c3c2)c1F.Clc1ccc(Br)cc1. The molecule has 0 spiro atoms. The zero-order chi connectivity index (χ0) is 60.6. The summed E-state index contributed by atoms with van der Waals surface area (Å²) in [5.41, 5.74) is 1.99. The van der Waals surface area contributed by atoms with E-state index in [0.29, 0.717) is 61.8 Å². The molecule has 22 heteroatoms. The van der Waals surface area contributed by atoms with E-state index >= 15 is 8.78 Å². The molecule has 6 aromatic carbocycles. The predicted octanol–water partition coefficient (Wildman–Crippen LogP) is 14.8. The average Bonchev–Trinajstić information content (AvgIpc) is 2.30. The number of hydrogen-bond donors (Lipinski definition) is 2. The van der Waals surface area contributed by atoms with Crippen molar-refractivity contribution in [2.24, 2.45) is 0 Å². The second-order valence-electron chi connectivity index (χ2n) is 21.2. The second kappa shape index (κ2) is 24.7. The van der Waals surface area contributed by atoms with E-state index in [2.05, 4.69) is 35.9 Å². The fraction of sp³-hybridized carbons (Fsp3) is 0.226. The molecular formula is C62H54BBrCl2F4N4O8S2. The largest absolute Gasteiger partial charge is 0.496 e. The first-order valence-corrected chi connectivity index (χ1v) is 31.7. The third kappa shape index (κ3) is 13.3. The summed E-state index contributed by atoms with van der Waals surface area (Å²) in [6, 6.07) is 31.9. The van der Waals surface area contributed by atoms with Crippen LogP contribution in [0.25, 0.3) is 55.0 Å². The Morgan fingerprint density at radius 1 is 0.560 bits per heavy atom. The molecule has 10 aromatic rings. The predicted molar refractivity (Wildman–Crippen MR) is 328 cm³/mol. The lowest BCUT2D eigenvalue weighted by molar-refractivity contribution is 0.00578. The molecule has 5 heterocycles. The van der Waals surface area contributed by atoms with E-state index in [1.807, 2.05) is 76.2 Å². The molecule has 2 N–H and O–H groups in total. The van der Waals surface area contributed by atoms with Crippen molar-refractivity contribution in [1.29, 1.82) is 0 Å². The second-order valence-corrected chi connectivity index (χ2v) is 27.4. The molecule has 0 unspecified atom stereocenters. The molecule has 0 aliphatic carbocycles. The van der Waals surface area contributed by atoms with Crippen LogP contribution in [0.3, 0.4) is 0 Å². The number of nitrogens with zero attached hydrogens (tertiary/aromatic N) is 2. The van der Waals surface area contributed by atoms with Crippen molar-refractivity contribution in [2.75, 3.05) is 11.5 Å². The topological polar surface area (TPSA) is 178 Å². The summed E-state index contributed by atoms with van der Waals surface area (Å²) in [4.78, 5) is 42.0. The first kappa shape index (κ1) is 61.8. The number of carbonyl (C=O) groups excluding carboxylic acids is 2. The molecule has 1 saturated heterocycles. The number of carbonyl (C=O) groups is 2. The molecule has 0 radical (unpaired) electrons. The van der Waals surface area contributed by atoms with Crippen LogP contribution < -0.4 is 5.46 Å². The highest BCUT2D eigenvalue weighted by atomic mass is 79.9. The Balaban J connectivity index is 0.000000178. The number of hydrogen-bond acceptors (Lipinski definition) is 10. The molecule has 0 amide bonds. The van der Waals surface area contributed by atoms with Gasteiger partial charge in [0.2, 0.25) is 0 Å². The summed E-state index contributed by atoms with van der Waals surface area (Å²) in [7, 11) is -7.84. The number of ketones is 2. The molecule has 434 valence electrons. The van der Waals surface area contributed by atoms with E-state index in [9.17, 15) is 35.2 Å². The van der Waals surface area contributed by atoms with Gasteiger partial charge >= 0.3 is 7.12 Å². The van der Waals surface area contributed by atoms with E-state index in [0.717, 1.165) is 50.3 Å². The molecule has 1 fully saturated rings. The maximum Gasteiger partial charge on any atom is 0.496 e. The van der Waals surface area contributed by atoms with Gasteiger partial charge in [0.1, 0.15) is 34.6 Å². The lowest BCUT2D eigenvalue weighted by atomic mass is 9.80. The number of aromatic nitrogens is 4. The van der Waals surface area contributed by atoms with E-state index in [1.165, 1.54) is 12.1 Å². The van der Waals surface area contributed by atoms with E-state index in [-0.39, 0.29) is 33.8 Å². The highest BCUT2D eigenvalue weighted by molar-refractivity contribution is 9.10. The van der Waals surface area contributed by atoms with Crippen LogP contribution in [0.4, 0.5) is 17.6 Å². The molecule has 0 atom stereocenters. The number of pyridine rings is 2. The summed E-state index contributed by atoms with van der Waals surface area (Å²) >= 11 is 14.9. The number of fused-ring (bicyclic) bond motifs is 6. The Morgan fingerprint density at radius 3 is 1.43 bits per heavy atom. The summed E-state index contributed by atoms with van der Waals surface area (Å²) < 4.78 is 122. The van der Waals surface area contributed by atoms with Gasteiger partial charge in [-0.15, -0.1) is 0 Å². The number of benzene rings is 6. The lowest BCUT2D eigenvalue weighted by Gasteiger charge is -2.32. The third-order valence-corrected chi connectivity index (χ3v) is 19.1. The standard InChI is InChI=1S/C28H29BF2N2O5S.C28H21ClF2N2O3S.C6H4BrCl/c1-6-11-39(35,36)15-17-7-9-21(30)23(24(17)31)25(34)16-8-10-22-19(12-16)20-13-18(14-32-26(20)33-22)29-37-27(2,3)28(4,5)38-29;1-2-11-37(35,36)15-18-5-9-23(30)25(26(18)31)27(34)17-6-10-24-21(12-17)22-13-19(14-32-28(22)33-24)16-3-7-20(29)8-4-16;7-5-1-3-6(8)4-2-5/h7-10,12-14H,6,11,15H2,1-5H3,(H,32,33);3-10,12-14H,2,11,15H2,1H3,(H,32,33);1-4H. The quantitative estimate of drug-likeness (QED) is 0.0605. The monoisotopic (exact) mass is 1280 g/mol. The van der Waals surface area contributed by atoms with E-state index < -0.39 is 95.5 Å². The van der Waals surface area contributed by atoms with Crippen LogP contribution in [0, 0.1) is 23.3 Å². The molecule has 1 aliphatic rings. The summed E-state index contributed by atoms with van der Waals surface area (Å²) in [5.74, 6) is -7.66. The Morgan fingerprint density at radius 2 is 0.988 bits per heavy atom. The molecule has 0 saturated carbocycles. The van der Waals surface area contributed by atoms with Crippen LogP contribution in [0.1, 0.15) is 97.4 Å². The van der Waals surface area contributed by atoms with Gasteiger partial charge in [-0.3, -0.25) is 9.59 Å². The van der Waals surface area contributed by atoms with Crippen LogP contribution in [-0.2, 0) is 40.5 Å². The van der Waals surface area contributed by atoms with Gasteiger partial charge in [0, 0.05) is 92.8 Å². The van der Waals surface area contributed by atoms with Gasteiger partial charge in [-0.2, -0.15) is 0 Å². The van der Waals surface area contributed by atoms with Gasteiger partial charge in [-0.1, -0.05) is 77.2 Å². The molecule has 0 bridgehead atoms. The fourth-order valence-electron chi connectivity index (χ4n) is 9.54. The minimum Gasteiger partial charge on any atom is -0.399 e. The number of sulfone groups is 2. The van der Waals surface area contributed by atoms with Gasteiger partial charge in [-0.05, 0) is 143 Å². The smallest absolute Gasteiger partial charge is 0.399 e. The zero-order valence-electron chi connectivity index (χ0n) is 46.1. The highest BCUT2D eigenvalue weighted by Gasteiger charge is 2.52. The van der Waals surface area contributed by atoms with Crippen molar-refractivity contribution < 1.29 is 53.3 Å². The highest BCUT2D eigenvalue weighted by Crippen LogP contribution is 2.38. The van der Waals surface area contributed by atoms with Gasteiger partial charge in [0.15, 0.2) is 31.2 Å². The van der Waals surface area contributed by atoms with Gasteiger partial charge in [-0.25, -0.2) is 44.4 Å². The first-order valence-electron chi connectivity index (χ1n) is 26.5. The van der Waals surface area contributed by atoms with Crippen LogP contribution in [-0.4, -0.2) is 78.2 Å². The minimum atomic E-state index is -3.60. The number of rotatable bonds is 14. The van der Waals surface area contributed by atoms with Crippen LogP contribution >= 0.6 is 39.1 Å². The van der Waals surface area contributed by atoms with Crippen molar-refractivity contribution in [2.45, 2.75) is 77.1 Å². The van der Waals surface area contributed by atoms with Crippen LogP contribution in [0.15, 0.2) is 138 Å². The normalized spacial score (nSPS) is 13.9. The maximum atomic E-state index is 15.3. The summed E-state index contributed by atoms with van der Waals surface area (Å²) in [6.07, 6.45) is 4.12. The summed E-state index contributed by atoms with van der Waals surface area (Å²) in [6.45, 7) is 11.2. The Hall–Kier alpha value is -6.78. The van der Waals surface area contributed by atoms with Crippen LogP contribution in [0.5, 0.6) is 0 Å². The maximum absolute atomic E-state index is 15.3. The molecule has 84 heavy (non-hydrogen) atoms. The van der Waals surface area contributed by atoms with Crippen molar-refractivity contribution in [1.82, 2.24) is 19.9 Å². The van der Waals surface area contributed by atoms with Crippen LogP contribution in [0.2, 0.25) is 10.0 Å². The number of halogens is 7. The van der Waals surface area contributed by atoms with Gasteiger partial charge < -0.3 is 19.3 Å². The summed E-state index contributed by atoms with van der Waals surface area (Å²) in [5, 5.41) is 4.09. The van der Waals surface area contributed by atoms with Gasteiger partial charge in [0.05, 0.1) is 45.3 Å². The Kier molecular flexibility index (Phi) is 18.1. The number of H-pyrrole nitrogens is 2. The fourth-order valence-corrected chi connectivity index (χ4v) is 13.0. The molecular weight excluding hydrogens is 1230 g/mol. The third-order valence-electron chi connectivity index (χ3n) is 14.5. The van der Waals surface area contributed by atoms with E-state index in [1.54, 1.807) is 62.6 Å². The van der Waals surface area contributed by atoms with Crippen molar-refractivity contribution in [3.05, 3.63) is 205 Å². The van der Waals surface area contributed by atoms with Crippen molar-refractivity contribution in [3.8, 4) is 11.1 Å². The Bertz CT molecular complexity index is 4400. The van der Waals surface area contributed by atoms with Gasteiger partial charge in [0.25, 0.3) is 0 Å². The number of nitrogens with one attached hydrogen (secondary N) is 2. The van der Waals surface area contributed by atoms with Crippen molar-refractivity contribution in [3.63, 3.8) is 0 Å². The zero-order valence-corrected chi connectivity index (χ0v) is 50.9. The number of aromatic amines is 2. The average molecular weight is 1280 g/mol. The molecule has 11 rings (SSSR count). The van der Waals surface area contributed by atoms with Crippen molar-refractivity contribution >= 4 is 127 Å². The molecule has 12 nitrogen and oxygen atoms in total. The lowest BCUT2D eigenvalue weighted by Crippen LogP contribution is -2.41. The first-order chi connectivity index (χ1) is 39.7. The Labute approximate surface area is 501 Å². The molecule has 4 aromatic heterocycles. The van der Waals surface area contributed by atoms with E-state index in [4.69, 9.17) is 32.5 Å². The molecule has 1 aliphatic heterocycles. The minimum absolute atomic E-state index is 0.0517.